The smallest absolute Gasteiger partial charge is 0.328 e. The molecule has 3 nitrogen and oxygen atoms in total. The highest BCUT2D eigenvalue weighted by molar-refractivity contribution is 5.80. The molecule has 0 heterocycles. The number of nitrogens with two attached hydrogens (primary N) is 1. The lowest BCUT2D eigenvalue weighted by Crippen LogP contribution is -1.93. The van der Waals surface area contributed by atoms with E-state index in [9.17, 15) is 4.79 Å². The molecule has 1 aliphatic rings. The van der Waals surface area contributed by atoms with Gasteiger partial charge in [0.05, 0.1) is 0 Å². The number of carboxylic acid groups (broad SMARTS) is 1. The van der Waals surface area contributed by atoms with E-state index in [4.69, 9.17) is 10.8 Å². The first kappa shape index (κ1) is 10.7. The molecule has 84 valence electrons. The number of carbonyl (C=O) groups is 1. The molecule has 1 aliphatic carbocycles. The van der Waals surface area contributed by atoms with Crippen LogP contribution in [0.3, 0.4) is 0 Å². The summed E-state index contributed by atoms with van der Waals surface area (Å²) in [5.41, 5.74) is 8.69. The number of carboxylic acids is 1. The third kappa shape index (κ3) is 2.42. The summed E-state index contributed by atoms with van der Waals surface area (Å²) in [7, 11) is 0. The Hall–Kier alpha value is -1.77. The van der Waals surface area contributed by atoms with Crippen LogP contribution in [0.25, 0.3) is 0 Å². The summed E-state index contributed by atoms with van der Waals surface area (Å²) >= 11 is 0. The van der Waals surface area contributed by atoms with Gasteiger partial charge in [-0.15, -0.1) is 0 Å². The van der Waals surface area contributed by atoms with Gasteiger partial charge in [0, 0.05) is 11.8 Å². The van der Waals surface area contributed by atoms with Gasteiger partial charge in [0.15, 0.2) is 0 Å². The lowest BCUT2D eigenvalue weighted by Gasteiger charge is -2.08. The number of rotatable bonds is 2. The van der Waals surface area contributed by atoms with Crippen molar-refractivity contribution in [1.82, 2.24) is 0 Å². The first-order valence-corrected chi connectivity index (χ1v) is 5.43. The number of benzene rings is 1. The second kappa shape index (κ2) is 4.39. The Morgan fingerprint density at radius 3 is 2.69 bits per heavy atom. The summed E-state index contributed by atoms with van der Waals surface area (Å²) < 4.78 is 0. The van der Waals surface area contributed by atoms with Crippen LogP contribution in [-0.4, -0.2) is 11.1 Å². The molecule has 1 aromatic carbocycles. The average molecular weight is 217 g/mol. The molecule has 0 spiro atoms. The minimum Gasteiger partial charge on any atom is -0.478 e. The Bertz CT molecular complexity index is 420. The molecule has 0 saturated heterocycles. The number of nitrogen functional groups attached to an aromatic ring is 1. The Labute approximate surface area is 94.6 Å². The lowest BCUT2D eigenvalue weighted by molar-refractivity contribution is -0.131. The SMILES string of the molecule is Nc1ccc([C@H]2CCC(=CC(=O)O)C2)cc1. The van der Waals surface area contributed by atoms with Crippen molar-refractivity contribution < 1.29 is 9.90 Å². The van der Waals surface area contributed by atoms with Crippen LogP contribution < -0.4 is 5.73 Å². The normalized spacial score (nSPS) is 22.5. The molecule has 16 heavy (non-hydrogen) atoms. The van der Waals surface area contributed by atoms with Crippen LogP contribution in [0.15, 0.2) is 35.9 Å². The van der Waals surface area contributed by atoms with Crippen molar-refractivity contribution in [2.75, 3.05) is 5.73 Å². The van der Waals surface area contributed by atoms with Crippen molar-refractivity contribution in [2.24, 2.45) is 0 Å². The largest absolute Gasteiger partial charge is 0.478 e. The second-order valence-electron chi connectivity index (χ2n) is 4.25. The van der Waals surface area contributed by atoms with Crippen LogP contribution in [0.5, 0.6) is 0 Å². The van der Waals surface area contributed by atoms with Gasteiger partial charge in [-0.2, -0.15) is 0 Å². The third-order valence-electron chi connectivity index (χ3n) is 3.06. The number of hydrogen-bond donors (Lipinski definition) is 2. The molecule has 3 heteroatoms. The molecular weight excluding hydrogens is 202 g/mol. The second-order valence-corrected chi connectivity index (χ2v) is 4.25. The summed E-state index contributed by atoms with van der Waals surface area (Å²) in [5.74, 6) is -0.390. The maximum absolute atomic E-state index is 10.6. The number of anilines is 1. The van der Waals surface area contributed by atoms with Gasteiger partial charge in [0.1, 0.15) is 0 Å². The van der Waals surface area contributed by atoms with Crippen molar-refractivity contribution in [3.05, 3.63) is 41.5 Å². The molecule has 1 atom stereocenters. The van der Waals surface area contributed by atoms with Crippen LogP contribution >= 0.6 is 0 Å². The Morgan fingerprint density at radius 1 is 1.38 bits per heavy atom. The van der Waals surface area contributed by atoms with E-state index in [1.165, 1.54) is 11.6 Å². The van der Waals surface area contributed by atoms with E-state index in [0.717, 1.165) is 30.5 Å². The maximum atomic E-state index is 10.6. The highest BCUT2D eigenvalue weighted by Crippen LogP contribution is 2.37. The third-order valence-corrected chi connectivity index (χ3v) is 3.06. The monoisotopic (exact) mass is 217 g/mol. The zero-order valence-corrected chi connectivity index (χ0v) is 9.02. The maximum Gasteiger partial charge on any atom is 0.328 e. The van der Waals surface area contributed by atoms with Crippen LogP contribution in [0.1, 0.15) is 30.7 Å². The summed E-state index contributed by atoms with van der Waals surface area (Å²) in [6.45, 7) is 0. The fraction of sp³-hybridized carbons (Fsp3) is 0.308. The standard InChI is InChI=1S/C13H15NO2/c14-12-5-3-10(4-6-12)11-2-1-9(7-11)8-13(15)16/h3-6,8,11H,1-2,7,14H2,(H,15,16)/t11-/m0/s1. The Balaban J connectivity index is 2.09. The molecule has 0 bridgehead atoms. The van der Waals surface area contributed by atoms with Gasteiger partial charge in [-0.1, -0.05) is 17.7 Å². The number of hydrogen-bond acceptors (Lipinski definition) is 2. The van der Waals surface area contributed by atoms with Gasteiger partial charge in [-0.05, 0) is 42.9 Å². The molecule has 1 saturated carbocycles. The van der Waals surface area contributed by atoms with Gasteiger partial charge in [0.25, 0.3) is 0 Å². The fourth-order valence-corrected chi connectivity index (χ4v) is 2.24. The summed E-state index contributed by atoms with van der Waals surface area (Å²) in [4.78, 5) is 10.6. The van der Waals surface area contributed by atoms with Gasteiger partial charge in [-0.3, -0.25) is 0 Å². The van der Waals surface area contributed by atoms with E-state index in [1.54, 1.807) is 0 Å². The average Bonchev–Trinajstić information content (AvgIpc) is 2.66. The molecule has 0 aromatic heterocycles. The van der Waals surface area contributed by atoms with E-state index in [0.29, 0.717) is 5.92 Å². The topological polar surface area (TPSA) is 63.3 Å². The van der Waals surface area contributed by atoms with Crippen molar-refractivity contribution in [3.8, 4) is 0 Å². The molecule has 1 aromatic rings. The molecule has 1 fully saturated rings. The van der Waals surface area contributed by atoms with E-state index >= 15 is 0 Å². The zero-order valence-electron chi connectivity index (χ0n) is 9.02. The van der Waals surface area contributed by atoms with Crippen molar-refractivity contribution in [1.29, 1.82) is 0 Å². The van der Waals surface area contributed by atoms with Crippen LogP contribution in [0.2, 0.25) is 0 Å². The van der Waals surface area contributed by atoms with E-state index in [2.05, 4.69) is 0 Å². The molecule has 0 unspecified atom stereocenters. The quantitative estimate of drug-likeness (QED) is 0.591. The van der Waals surface area contributed by atoms with Gasteiger partial charge >= 0.3 is 5.97 Å². The fourth-order valence-electron chi connectivity index (χ4n) is 2.24. The molecule has 2 rings (SSSR count). The molecular formula is C13H15NO2. The highest BCUT2D eigenvalue weighted by atomic mass is 16.4. The summed E-state index contributed by atoms with van der Waals surface area (Å²) in [6.07, 6.45) is 4.12. The van der Waals surface area contributed by atoms with Crippen LogP contribution in [0.4, 0.5) is 5.69 Å². The van der Waals surface area contributed by atoms with Crippen molar-refractivity contribution >= 4 is 11.7 Å². The molecule has 3 N–H and O–H groups in total. The van der Waals surface area contributed by atoms with Gasteiger partial charge < -0.3 is 10.8 Å². The summed E-state index contributed by atoms with van der Waals surface area (Å²) in [5, 5.41) is 8.67. The van der Waals surface area contributed by atoms with E-state index < -0.39 is 5.97 Å². The summed E-state index contributed by atoms with van der Waals surface area (Å²) in [6, 6.07) is 7.86. The predicted octanol–water partition coefficient (Wildman–Crippen LogP) is 2.55. The molecule has 0 aliphatic heterocycles. The minimum absolute atomic E-state index is 0.450. The Morgan fingerprint density at radius 2 is 2.06 bits per heavy atom. The predicted molar refractivity (Wildman–Crippen MR) is 63.2 cm³/mol. The van der Waals surface area contributed by atoms with Gasteiger partial charge in [-0.25, -0.2) is 4.79 Å². The van der Waals surface area contributed by atoms with Crippen molar-refractivity contribution in [2.45, 2.75) is 25.2 Å². The Kier molecular flexibility index (Phi) is 2.95. The van der Waals surface area contributed by atoms with E-state index in [1.807, 2.05) is 24.3 Å². The highest BCUT2D eigenvalue weighted by Gasteiger charge is 2.21. The molecule has 0 radical (unpaired) electrons. The first-order valence-electron chi connectivity index (χ1n) is 5.43. The first-order chi connectivity index (χ1) is 7.65. The minimum atomic E-state index is -0.840. The zero-order chi connectivity index (χ0) is 11.5. The number of allylic oxidation sites excluding steroid dienone is 1. The number of aliphatic carboxylic acids is 1. The van der Waals surface area contributed by atoms with Crippen LogP contribution in [-0.2, 0) is 4.79 Å². The lowest BCUT2D eigenvalue weighted by atomic mass is 9.97. The van der Waals surface area contributed by atoms with Gasteiger partial charge in [0.2, 0.25) is 0 Å². The van der Waals surface area contributed by atoms with Crippen LogP contribution in [0, 0.1) is 0 Å². The van der Waals surface area contributed by atoms with Crippen molar-refractivity contribution in [3.63, 3.8) is 0 Å². The van der Waals surface area contributed by atoms with E-state index in [-0.39, 0.29) is 0 Å². The molecule has 0 amide bonds.